The molecule has 0 radical (unpaired) electrons. The Morgan fingerprint density at radius 2 is 1.68 bits per heavy atom. The second-order valence-corrected chi connectivity index (χ2v) is 9.76. The summed E-state index contributed by atoms with van der Waals surface area (Å²) >= 11 is 0. The van der Waals surface area contributed by atoms with Crippen LogP contribution in [0.1, 0.15) is 41.5 Å². The zero-order valence-corrected chi connectivity index (χ0v) is 14.1. The van der Waals surface area contributed by atoms with Gasteiger partial charge in [0.25, 0.3) is 0 Å². The van der Waals surface area contributed by atoms with Crippen LogP contribution >= 0.6 is 0 Å². The molecule has 0 heterocycles. The summed E-state index contributed by atoms with van der Waals surface area (Å²) in [7, 11) is -2.05. The normalized spacial score (nSPS) is 14.8. The molecule has 4 nitrogen and oxygen atoms in total. The van der Waals surface area contributed by atoms with Gasteiger partial charge in [-0.2, -0.15) is 5.26 Å². The predicted octanol–water partition coefficient (Wildman–Crippen LogP) is 3.49. The number of carbonyl (C=O) groups is 1. The second-order valence-electron chi connectivity index (χ2n) is 5.07. The van der Waals surface area contributed by atoms with Crippen LogP contribution in [0.15, 0.2) is 0 Å². The summed E-state index contributed by atoms with van der Waals surface area (Å²) < 4.78 is 11.3. The molecule has 110 valence electrons. The lowest BCUT2D eigenvalue weighted by Crippen LogP contribution is -2.54. The van der Waals surface area contributed by atoms with Crippen molar-refractivity contribution < 1.29 is 14.0 Å². The number of rotatable bonds is 8. The van der Waals surface area contributed by atoms with Crippen LogP contribution in [0.25, 0.3) is 0 Å². The third kappa shape index (κ3) is 3.80. The first-order chi connectivity index (χ1) is 8.87. The average molecular weight is 285 g/mol. The molecule has 0 aromatic rings. The van der Waals surface area contributed by atoms with Gasteiger partial charge in [0, 0.05) is 5.92 Å². The molecule has 1 atom stereocenters. The van der Waals surface area contributed by atoms with Gasteiger partial charge in [-0.1, -0.05) is 34.6 Å². The van der Waals surface area contributed by atoms with Crippen LogP contribution in [0.2, 0.25) is 18.1 Å². The van der Waals surface area contributed by atoms with Crippen LogP contribution in [-0.4, -0.2) is 26.5 Å². The molecule has 0 bridgehead atoms. The maximum atomic E-state index is 12.2. The highest BCUT2D eigenvalue weighted by Crippen LogP contribution is 2.33. The molecule has 0 spiro atoms. The van der Waals surface area contributed by atoms with Crippen LogP contribution in [0, 0.1) is 17.2 Å². The van der Waals surface area contributed by atoms with Crippen LogP contribution < -0.4 is 0 Å². The molecule has 0 aromatic heterocycles. The van der Waals surface area contributed by atoms with E-state index < -0.39 is 19.9 Å². The first-order valence-electron chi connectivity index (χ1n) is 7.16. The maximum Gasteiger partial charge on any atom is 0.352 e. The highest BCUT2D eigenvalue weighted by molar-refractivity contribution is 6.73. The lowest BCUT2D eigenvalue weighted by Gasteiger charge is -2.38. The van der Waals surface area contributed by atoms with Gasteiger partial charge in [0.2, 0.25) is 5.60 Å². The summed E-state index contributed by atoms with van der Waals surface area (Å²) in [5, 5.41) is 9.54. The van der Waals surface area contributed by atoms with Crippen molar-refractivity contribution in [2.45, 2.75) is 65.3 Å². The van der Waals surface area contributed by atoms with E-state index in [4.69, 9.17) is 9.16 Å². The van der Waals surface area contributed by atoms with Gasteiger partial charge in [-0.25, -0.2) is 4.79 Å². The molecule has 19 heavy (non-hydrogen) atoms. The Kier molecular flexibility index (Phi) is 7.31. The molecule has 0 N–H and O–H groups in total. The van der Waals surface area contributed by atoms with E-state index in [0.717, 1.165) is 18.1 Å². The Morgan fingerprint density at radius 1 is 1.21 bits per heavy atom. The predicted molar refractivity (Wildman–Crippen MR) is 78.1 cm³/mol. The first-order valence-corrected chi connectivity index (χ1v) is 9.69. The monoisotopic (exact) mass is 285 g/mol. The first kappa shape index (κ1) is 18.1. The van der Waals surface area contributed by atoms with Crippen molar-refractivity contribution in [3.63, 3.8) is 0 Å². The van der Waals surface area contributed by atoms with Gasteiger partial charge in [-0.05, 0) is 25.1 Å². The zero-order valence-electron chi connectivity index (χ0n) is 13.1. The van der Waals surface area contributed by atoms with Gasteiger partial charge >= 0.3 is 5.97 Å². The Morgan fingerprint density at radius 3 is 1.95 bits per heavy atom. The van der Waals surface area contributed by atoms with Gasteiger partial charge in [0.05, 0.1) is 6.61 Å². The van der Waals surface area contributed by atoms with E-state index in [9.17, 15) is 10.1 Å². The molecule has 0 fully saturated rings. The molecule has 5 heteroatoms. The zero-order chi connectivity index (χ0) is 15.1. The molecule has 0 aromatic carbocycles. The van der Waals surface area contributed by atoms with Crippen LogP contribution in [0.3, 0.4) is 0 Å². The van der Waals surface area contributed by atoms with Crippen molar-refractivity contribution in [3.8, 4) is 6.07 Å². The van der Waals surface area contributed by atoms with Gasteiger partial charge < -0.3 is 9.16 Å². The van der Waals surface area contributed by atoms with Crippen molar-refractivity contribution in [1.29, 1.82) is 5.26 Å². The van der Waals surface area contributed by atoms with Crippen LogP contribution in [0.5, 0.6) is 0 Å². The van der Waals surface area contributed by atoms with Crippen molar-refractivity contribution >= 4 is 14.3 Å². The van der Waals surface area contributed by atoms with E-state index in [1.54, 1.807) is 6.92 Å². The standard InChI is InChI=1S/C14H27NO3Si/c1-7-17-13(16)14(11-15,12(5)6)18-19(8-2,9-3)10-4/h12H,7-10H2,1-6H3. The number of ether oxygens (including phenoxy) is 1. The molecule has 1 unspecified atom stereocenters. The lowest BCUT2D eigenvalue weighted by atomic mass is 9.92. The molecule has 0 saturated carbocycles. The summed E-state index contributed by atoms with van der Waals surface area (Å²) in [6, 6.07) is 4.79. The number of carbonyl (C=O) groups excluding carboxylic acids is 1. The number of hydrogen-bond donors (Lipinski definition) is 0. The number of nitriles is 1. The minimum absolute atomic E-state index is 0.229. The van der Waals surface area contributed by atoms with E-state index in [-0.39, 0.29) is 12.5 Å². The Labute approximate surface area is 118 Å². The lowest BCUT2D eigenvalue weighted by molar-refractivity contribution is -0.161. The average Bonchev–Trinajstić information content (AvgIpc) is 2.41. The summed E-state index contributed by atoms with van der Waals surface area (Å²) in [4.78, 5) is 12.2. The molecule has 0 rings (SSSR count). The van der Waals surface area contributed by atoms with E-state index in [1.807, 2.05) is 13.8 Å². The molecule has 0 aliphatic heterocycles. The van der Waals surface area contributed by atoms with Gasteiger partial charge in [0.1, 0.15) is 6.07 Å². The molecule has 0 aliphatic carbocycles. The Bertz CT molecular complexity index is 326. The summed E-state index contributed by atoms with van der Waals surface area (Å²) in [6.45, 7) is 11.9. The number of esters is 1. The fourth-order valence-electron chi connectivity index (χ4n) is 2.14. The van der Waals surface area contributed by atoms with Gasteiger partial charge in [0.15, 0.2) is 8.32 Å². The smallest absolute Gasteiger partial charge is 0.352 e. The minimum Gasteiger partial charge on any atom is -0.463 e. The molecular formula is C14H27NO3Si. The SMILES string of the molecule is CCOC(=O)C(C#N)(O[Si](CC)(CC)CC)C(C)C. The number of hydrogen-bond acceptors (Lipinski definition) is 4. The van der Waals surface area contributed by atoms with E-state index in [2.05, 4.69) is 26.8 Å². The van der Waals surface area contributed by atoms with Crippen LogP contribution in [0.4, 0.5) is 0 Å². The third-order valence-electron chi connectivity index (χ3n) is 3.87. The van der Waals surface area contributed by atoms with E-state index >= 15 is 0 Å². The fourth-order valence-corrected chi connectivity index (χ4v) is 5.12. The van der Waals surface area contributed by atoms with Crippen molar-refractivity contribution in [1.82, 2.24) is 0 Å². The molecule has 0 saturated heterocycles. The Balaban J connectivity index is 5.50. The minimum atomic E-state index is -2.05. The van der Waals surface area contributed by atoms with E-state index in [1.165, 1.54) is 0 Å². The fraction of sp³-hybridized carbons (Fsp3) is 0.857. The third-order valence-corrected chi connectivity index (χ3v) is 8.49. The van der Waals surface area contributed by atoms with Crippen LogP contribution in [-0.2, 0) is 14.0 Å². The second kappa shape index (κ2) is 7.66. The molecule has 0 amide bonds. The highest BCUT2D eigenvalue weighted by Gasteiger charge is 2.50. The molecule has 0 aliphatic rings. The van der Waals surface area contributed by atoms with Crippen molar-refractivity contribution in [2.24, 2.45) is 5.92 Å². The topological polar surface area (TPSA) is 59.3 Å². The van der Waals surface area contributed by atoms with Gasteiger partial charge in [-0.15, -0.1) is 0 Å². The highest BCUT2D eigenvalue weighted by atomic mass is 28.4. The summed E-state index contributed by atoms with van der Waals surface area (Å²) in [6.07, 6.45) is 0. The van der Waals surface area contributed by atoms with Crippen molar-refractivity contribution in [2.75, 3.05) is 6.61 Å². The summed E-state index contributed by atoms with van der Waals surface area (Å²) in [5.74, 6) is -0.771. The van der Waals surface area contributed by atoms with Gasteiger partial charge in [-0.3, -0.25) is 0 Å². The quantitative estimate of drug-likeness (QED) is 0.506. The maximum absolute atomic E-state index is 12.2. The number of nitrogens with zero attached hydrogens (tertiary/aromatic N) is 1. The largest absolute Gasteiger partial charge is 0.463 e. The van der Waals surface area contributed by atoms with Crippen molar-refractivity contribution in [3.05, 3.63) is 0 Å². The summed E-state index contributed by atoms with van der Waals surface area (Å²) in [5.41, 5.74) is -1.45. The molecular weight excluding hydrogens is 258 g/mol. The Hall–Kier alpha value is -0.863. The van der Waals surface area contributed by atoms with E-state index in [0.29, 0.717) is 0 Å².